The van der Waals surface area contributed by atoms with Gasteiger partial charge in [-0.05, 0) is 47.5 Å². The van der Waals surface area contributed by atoms with Crippen molar-refractivity contribution in [2.75, 3.05) is 17.7 Å². The van der Waals surface area contributed by atoms with E-state index < -0.39 is 5.25 Å². The van der Waals surface area contributed by atoms with E-state index in [2.05, 4.69) is 15.6 Å². The van der Waals surface area contributed by atoms with Gasteiger partial charge in [0.25, 0.3) is 0 Å². The van der Waals surface area contributed by atoms with Gasteiger partial charge in [0.2, 0.25) is 11.8 Å². The minimum atomic E-state index is -0.502. The quantitative estimate of drug-likeness (QED) is 0.172. The predicted molar refractivity (Wildman–Crippen MR) is 163 cm³/mol. The van der Waals surface area contributed by atoms with Gasteiger partial charge in [-0.15, -0.1) is 23.1 Å². The van der Waals surface area contributed by atoms with Crippen LogP contribution in [0.1, 0.15) is 16.4 Å². The Kier molecular flexibility index (Phi) is 8.90. The summed E-state index contributed by atoms with van der Waals surface area (Å²) >= 11 is 2.81. The van der Waals surface area contributed by atoms with Crippen LogP contribution in [0.2, 0.25) is 0 Å². The molecule has 4 aromatic carbocycles. The largest absolute Gasteiger partial charge is 0.496 e. The minimum absolute atomic E-state index is 0.0796. The number of thioether (sulfide) groups is 1. The highest BCUT2D eigenvalue weighted by molar-refractivity contribution is 8.00. The summed E-state index contributed by atoms with van der Waals surface area (Å²) in [6.45, 7) is 0. The van der Waals surface area contributed by atoms with Gasteiger partial charge < -0.3 is 15.4 Å². The molecule has 0 saturated carbocycles. The molecule has 5 rings (SSSR count). The number of amides is 2. The van der Waals surface area contributed by atoms with Crippen molar-refractivity contribution in [2.45, 2.75) is 16.6 Å². The predicted octanol–water partition coefficient (Wildman–Crippen LogP) is 7.47. The van der Waals surface area contributed by atoms with Gasteiger partial charge in [0.1, 0.15) is 11.0 Å². The molecule has 0 saturated heterocycles. The Balaban J connectivity index is 1.28. The summed E-state index contributed by atoms with van der Waals surface area (Å²) in [7, 11) is 1.63. The second-order valence-corrected chi connectivity index (χ2v) is 10.9. The lowest BCUT2D eigenvalue weighted by Gasteiger charge is -2.16. The number of carbonyl (C=O) groups is 2. The number of rotatable bonds is 10. The van der Waals surface area contributed by atoms with Crippen LogP contribution in [0.5, 0.6) is 5.75 Å². The first-order valence-corrected chi connectivity index (χ1v) is 14.4. The molecule has 1 atom stereocenters. The van der Waals surface area contributed by atoms with Gasteiger partial charge in [0.05, 0.1) is 19.2 Å². The molecule has 5 aromatic rings. The van der Waals surface area contributed by atoms with E-state index in [1.807, 2.05) is 115 Å². The molecule has 40 heavy (non-hydrogen) atoms. The molecule has 6 nitrogen and oxygen atoms in total. The van der Waals surface area contributed by atoms with Gasteiger partial charge in [0, 0.05) is 21.5 Å². The molecule has 2 amide bonds. The Labute approximate surface area is 241 Å². The first kappa shape index (κ1) is 27.2. The second-order valence-electron chi connectivity index (χ2n) is 8.87. The number of anilines is 2. The minimum Gasteiger partial charge on any atom is -0.496 e. The molecule has 0 aliphatic rings. The smallest absolute Gasteiger partial charge is 0.244 e. The highest BCUT2D eigenvalue weighted by Gasteiger charge is 2.23. The van der Waals surface area contributed by atoms with Crippen LogP contribution in [-0.4, -0.2) is 23.9 Å². The Morgan fingerprint density at radius 2 is 1.52 bits per heavy atom. The summed E-state index contributed by atoms with van der Waals surface area (Å²) in [6, 6.07) is 34.5. The van der Waals surface area contributed by atoms with Crippen LogP contribution in [0.4, 0.5) is 10.8 Å². The standard InChI is InChI=1S/C32H27N3O3S2/c1-38-28-15-9-8-14-26(28)27-21-39-32(34-27)35-31(37)30(23-12-6-3-7-13-23)40-25-18-16-24(17-19-25)33-29(36)20-22-10-4-2-5-11-22/h2-19,21,30H,20H2,1H3,(H,33,36)(H,34,35,37). The maximum atomic E-state index is 13.5. The average Bonchev–Trinajstić information content (AvgIpc) is 3.45. The van der Waals surface area contributed by atoms with Crippen LogP contribution in [0, 0.1) is 0 Å². The molecule has 0 aliphatic heterocycles. The number of benzene rings is 4. The van der Waals surface area contributed by atoms with Crippen molar-refractivity contribution in [3.05, 3.63) is 126 Å². The van der Waals surface area contributed by atoms with E-state index >= 15 is 0 Å². The molecule has 2 N–H and O–H groups in total. The zero-order valence-corrected chi connectivity index (χ0v) is 23.4. The Bertz CT molecular complexity index is 1570. The summed E-state index contributed by atoms with van der Waals surface area (Å²) in [5, 5.41) is 7.86. The lowest BCUT2D eigenvalue weighted by Crippen LogP contribution is -2.19. The van der Waals surface area contributed by atoms with Gasteiger partial charge >= 0.3 is 0 Å². The van der Waals surface area contributed by atoms with Crippen molar-refractivity contribution < 1.29 is 14.3 Å². The number of thiazole rings is 1. The number of para-hydroxylation sites is 1. The highest BCUT2D eigenvalue weighted by Crippen LogP contribution is 2.38. The van der Waals surface area contributed by atoms with Crippen LogP contribution in [0.25, 0.3) is 11.3 Å². The van der Waals surface area contributed by atoms with E-state index in [-0.39, 0.29) is 11.8 Å². The monoisotopic (exact) mass is 565 g/mol. The average molecular weight is 566 g/mol. The summed E-state index contributed by atoms with van der Waals surface area (Å²) in [6.07, 6.45) is 0.309. The summed E-state index contributed by atoms with van der Waals surface area (Å²) < 4.78 is 5.46. The van der Waals surface area contributed by atoms with Crippen LogP contribution in [0.15, 0.2) is 119 Å². The van der Waals surface area contributed by atoms with Gasteiger partial charge in [-0.2, -0.15) is 0 Å². The molecular weight excluding hydrogens is 539 g/mol. The van der Waals surface area contributed by atoms with E-state index in [1.54, 1.807) is 7.11 Å². The normalized spacial score (nSPS) is 11.4. The number of nitrogens with zero attached hydrogens (tertiary/aromatic N) is 1. The molecule has 1 aromatic heterocycles. The Morgan fingerprint density at radius 3 is 2.25 bits per heavy atom. The van der Waals surface area contributed by atoms with Crippen LogP contribution < -0.4 is 15.4 Å². The van der Waals surface area contributed by atoms with Gasteiger partial charge in [-0.3, -0.25) is 9.59 Å². The number of methoxy groups -OCH3 is 1. The van der Waals surface area contributed by atoms with E-state index in [0.717, 1.165) is 33.0 Å². The number of ether oxygens (including phenoxy) is 1. The molecule has 0 spiro atoms. The third-order valence-electron chi connectivity index (χ3n) is 6.06. The van der Waals surface area contributed by atoms with Gasteiger partial charge in [-0.1, -0.05) is 72.8 Å². The highest BCUT2D eigenvalue weighted by atomic mass is 32.2. The third-order valence-corrected chi connectivity index (χ3v) is 8.08. The first-order valence-electron chi connectivity index (χ1n) is 12.6. The van der Waals surface area contributed by atoms with Crippen LogP contribution in [-0.2, 0) is 16.0 Å². The van der Waals surface area contributed by atoms with Crippen molar-refractivity contribution in [2.24, 2.45) is 0 Å². The molecule has 8 heteroatoms. The van der Waals surface area contributed by atoms with E-state index in [0.29, 0.717) is 17.2 Å². The molecule has 1 heterocycles. The lowest BCUT2D eigenvalue weighted by atomic mass is 10.1. The summed E-state index contributed by atoms with van der Waals surface area (Å²) in [5.41, 5.74) is 4.15. The Hall–Kier alpha value is -4.40. The van der Waals surface area contributed by atoms with E-state index in [4.69, 9.17) is 4.74 Å². The van der Waals surface area contributed by atoms with Crippen molar-refractivity contribution in [3.63, 3.8) is 0 Å². The number of carbonyl (C=O) groups excluding carboxylic acids is 2. The fraction of sp³-hybridized carbons (Fsp3) is 0.0938. The van der Waals surface area contributed by atoms with E-state index in [1.165, 1.54) is 23.1 Å². The van der Waals surface area contributed by atoms with Gasteiger partial charge in [-0.25, -0.2) is 4.98 Å². The summed E-state index contributed by atoms with van der Waals surface area (Å²) in [5.74, 6) is 0.476. The fourth-order valence-corrected chi connectivity index (χ4v) is 5.86. The van der Waals surface area contributed by atoms with E-state index in [9.17, 15) is 9.59 Å². The number of hydrogen-bond acceptors (Lipinski definition) is 6. The lowest BCUT2D eigenvalue weighted by molar-refractivity contribution is -0.116. The molecule has 0 radical (unpaired) electrons. The zero-order valence-electron chi connectivity index (χ0n) is 21.7. The summed E-state index contributed by atoms with van der Waals surface area (Å²) in [4.78, 5) is 31.5. The number of hydrogen-bond donors (Lipinski definition) is 2. The molecule has 0 aliphatic carbocycles. The SMILES string of the molecule is COc1ccccc1-c1csc(NC(=O)C(Sc2ccc(NC(=O)Cc3ccccc3)cc2)c2ccccc2)n1. The molecule has 0 fully saturated rings. The Morgan fingerprint density at radius 1 is 0.850 bits per heavy atom. The first-order chi connectivity index (χ1) is 19.6. The van der Waals surface area contributed by atoms with Crippen molar-refractivity contribution in [1.29, 1.82) is 0 Å². The van der Waals surface area contributed by atoms with Crippen molar-refractivity contribution >= 4 is 45.7 Å². The molecular formula is C32H27N3O3S2. The maximum absolute atomic E-state index is 13.5. The number of nitrogens with one attached hydrogen (secondary N) is 2. The zero-order chi connectivity index (χ0) is 27.7. The van der Waals surface area contributed by atoms with Crippen LogP contribution in [0.3, 0.4) is 0 Å². The van der Waals surface area contributed by atoms with Crippen molar-refractivity contribution in [3.8, 4) is 17.0 Å². The topological polar surface area (TPSA) is 80.3 Å². The molecule has 200 valence electrons. The van der Waals surface area contributed by atoms with Crippen molar-refractivity contribution in [1.82, 2.24) is 4.98 Å². The maximum Gasteiger partial charge on any atom is 0.244 e. The molecule has 1 unspecified atom stereocenters. The second kappa shape index (κ2) is 13.1. The van der Waals surface area contributed by atoms with Gasteiger partial charge in [0.15, 0.2) is 5.13 Å². The third kappa shape index (κ3) is 6.97. The molecule has 0 bridgehead atoms. The number of aromatic nitrogens is 1. The fourth-order valence-electron chi connectivity index (χ4n) is 4.12. The van der Waals surface area contributed by atoms with Crippen LogP contribution >= 0.6 is 23.1 Å².